The van der Waals surface area contributed by atoms with Crippen LogP contribution in [0.25, 0.3) is 0 Å². The molecule has 6 N–H and O–H groups in total. The molecular weight excluding hydrogens is 586 g/mol. The summed E-state index contributed by atoms with van der Waals surface area (Å²) in [6.45, 7) is 10.3. The second kappa shape index (κ2) is 17.1. The van der Waals surface area contributed by atoms with Gasteiger partial charge in [-0.25, -0.2) is 13.4 Å². The lowest BCUT2D eigenvalue weighted by molar-refractivity contribution is 0.0634. The van der Waals surface area contributed by atoms with Crippen LogP contribution in [0.3, 0.4) is 0 Å². The molecule has 2 aromatic rings. The number of hydrogen-bond donors (Lipinski definition) is 5. The lowest BCUT2D eigenvalue weighted by atomic mass is 9.99. The number of sulfonamides is 1. The Morgan fingerprint density at radius 2 is 1.50 bits per heavy atom. The molecule has 12 nitrogen and oxygen atoms in total. The van der Waals surface area contributed by atoms with Crippen molar-refractivity contribution in [1.29, 1.82) is 0 Å². The zero-order chi connectivity index (χ0) is 33.0. The van der Waals surface area contributed by atoms with Gasteiger partial charge in [0.1, 0.15) is 5.75 Å². The maximum Gasteiger partial charge on any atom is 0.253 e. The van der Waals surface area contributed by atoms with Crippen molar-refractivity contribution in [2.75, 3.05) is 31.9 Å². The van der Waals surface area contributed by atoms with Gasteiger partial charge in [0.2, 0.25) is 15.9 Å². The van der Waals surface area contributed by atoms with Gasteiger partial charge in [-0.1, -0.05) is 46.8 Å². The summed E-state index contributed by atoms with van der Waals surface area (Å²) in [4.78, 5) is 43.2. The first-order valence-corrected chi connectivity index (χ1v) is 16.6. The predicted molar refractivity (Wildman–Crippen MR) is 170 cm³/mol. The van der Waals surface area contributed by atoms with Crippen LogP contribution in [-0.2, 0) is 16.4 Å². The number of nitrogens with zero attached hydrogens (tertiary/aromatic N) is 2. The SMILES string of the molecule is CCCN(CCC)C(=O)c1cc(C(N)=O)cc(C(=O)NC(Cc2ccc(O)cc2)C(O)CN(CC)NS(=O)(=O)CC(C)C)c1. The minimum atomic E-state index is -3.66. The molecule has 13 heteroatoms. The third kappa shape index (κ3) is 11.5. The van der Waals surface area contributed by atoms with E-state index in [1.165, 1.54) is 35.3 Å². The van der Waals surface area contributed by atoms with E-state index in [2.05, 4.69) is 10.1 Å². The summed E-state index contributed by atoms with van der Waals surface area (Å²) in [7, 11) is -3.66. The Balaban J connectivity index is 2.42. The van der Waals surface area contributed by atoms with Crippen molar-refractivity contribution in [3.8, 4) is 5.75 Å². The van der Waals surface area contributed by atoms with Gasteiger partial charge in [-0.15, -0.1) is 4.83 Å². The highest BCUT2D eigenvalue weighted by molar-refractivity contribution is 7.89. The van der Waals surface area contributed by atoms with Crippen LogP contribution in [0.1, 0.15) is 84.1 Å². The zero-order valence-corrected chi connectivity index (χ0v) is 27.1. The summed E-state index contributed by atoms with van der Waals surface area (Å²) >= 11 is 0. The molecule has 0 fully saturated rings. The molecule has 0 aliphatic rings. The number of rotatable bonds is 18. The maximum atomic E-state index is 13.6. The Morgan fingerprint density at radius 1 is 0.932 bits per heavy atom. The fourth-order valence-electron chi connectivity index (χ4n) is 4.74. The monoisotopic (exact) mass is 633 g/mol. The summed E-state index contributed by atoms with van der Waals surface area (Å²) in [5.41, 5.74) is 6.36. The van der Waals surface area contributed by atoms with E-state index in [0.717, 1.165) is 12.8 Å². The van der Waals surface area contributed by atoms with Crippen LogP contribution in [-0.4, -0.2) is 90.3 Å². The Morgan fingerprint density at radius 3 is 2.02 bits per heavy atom. The maximum absolute atomic E-state index is 13.6. The van der Waals surface area contributed by atoms with Crippen LogP contribution in [0.2, 0.25) is 0 Å². The molecule has 0 bridgehead atoms. The van der Waals surface area contributed by atoms with Gasteiger partial charge in [0.15, 0.2) is 0 Å². The molecule has 0 aliphatic carbocycles. The summed E-state index contributed by atoms with van der Waals surface area (Å²) in [6, 6.07) is 9.37. The number of hydrogen-bond acceptors (Lipinski definition) is 8. The van der Waals surface area contributed by atoms with Crippen molar-refractivity contribution < 1.29 is 33.0 Å². The number of carbonyl (C=O) groups is 3. The number of aromatic hydroxyl groups is 1. The molecule has 44 heavy (non-hydrogen) atoms. The lowest BCUT2D eigenvalue weighted by Crippen LogP contribution is -2.53. The summed E-state index contributed by atoms with van der Waals surface area (Å²) in [5, 5.41) is 25.2. The van der Waals surface area contributed by atoms with Crippen LogP contribution in [0, 0.1) is 5.92 Å². The first kappa shape index (κ1) is 36.7. The second-order valence-corrected chi connectivity index (χ2v) is 13.0. The van der Waals surface area contributed by atoms with Crippen LogP contribution >= 0.6 is 0 Å². The quantitative estimate of drug-likeness (QED) is 0.155. The van der Waals surface area contributed by atoms with E-state index in [1.807, 2.05) is 13.8 Å². The molecule has 2 atom stereocenters. The number of nitrogens with two attached hydrogens (primary N) is 1. The second-order valence-electron chi connectivity index (χ2n) is 11.3. The van der Waals surface area contributed by atoms with Crippen LogP contribution in [0.4, 0.5) is 0 Å². The van der Waals surface area contributed by atoms with Crippen LogP contribution < -0.4 is 15.9 Å². The highest BCUT2D eigenvalue weighted by atomic mass is 32.2. The van der Waals surface area contributed by atoms with Gasteiger partial charge in [-0.2, -0.15) is 0 Å². The largest absolute Gasteiger partial charge is 0.508 e. The van der Waals surface area contributed by atoms with Crippen molar-refractivity contribution in [3.05, 3.63) is 64.7 Å². The van der Waals surface area contributed by atoms with E-state index in [0.29, 0.717) is 18.7 Å². The van der Waals surface area contributed by atoms with E-state index in [9.17, 15) is 33.0 Å². The number of amides is 3. The molecule has 0 saturated heterocycles. The number of phenolic OH excluding ortho intramolecular Hbond substituents is 1. The third-order valence-electron chi connectivity index (χ3n) is 6.78. The number of likely N-dealkylation sites (N-methyl/N-ethyl adjacent to an activating group) is 1. The molecule has 0 aromatic heterocycles. The average Bonchev–Trinajstić information content (AvgIpc) is 2.95. The van der Waals surface area contributed by atoms with Crippen molar-refractivity contribution in [1.82, 2.24) is 20.1 Å². The van der Waals surface area contributed by atoms with Crippen LogP contribution in [0.5, 0.6) is 5.75 Å². The highest BCUT2D eigenvalue weighted by Crippen LogP contribution is 2.17. The number of phenols is 1. The number of carbonyl (C=O) groups excluding carboxylic acids is 3. The number of aliphatic hydroxyl groups is 1. The third-order valence-corrected chi connectivity index (χ3v) is 8.43. The van der Waals surface area contributed by atoms with E-state index in [4.69, 9.17) is 5.73 Å². The molecule has 244 valence electrons. The normalized spacial score (nSPS) is 13.1. The molecule has 3 amide bonds. The Kier molecular flexibility index (Phi) is 14.2. The molecule has 0 spiro atoms. The van der Waals surface area contributed by atoms with Crippen molar-refractivity contribution in [3.63, 3.8) is 0 Å². The number of hydrazine groups is 1. The number of primary amides is 1. The smallest absolute Gasteiger partial charge is 0.253 e. The van der Waals surface area contributed by atoms with Crippen molar-refractivity contribution in [2.24, 2.45) is 11.7 Å². The minimum absolute atomic E-state index is 0.00508. The van der Waals surface area contributed by atoms with Crippen molar-refractivity contribution in [2.45, 2.75) is 66.0 Å². The van der Waals surface area contributed by atoms with Gasteiger partial charge in [0, 0.05) is 42.9 Å². The fourth-order valence-corrected chi connectivity index (χ4v) is 6.29. The van der Waals surface area contributed by atoms with Crippen LogP contribution in [0.15, 0.2) is 42.5 Å². The fraction of sp³-hybridized carbons (Fsp3) is 0.516. The minimum Gasteiger partial charge on any atom is -0.508 e. The molecule has 0 radical (unpaired) electrons. The van der Waals surface area contributed by atoms with Gasteiger partial charge >= 0.3 is 0 Å². The lowest BCUT2D eigenvalue weighted by Gasteiger charge is -2.30. The molecule has 0 saturated carbocycles. The molecule has 2 aromatic carbocycles. The van der Waals surface area contributed by atoms with Gasteiger partial charge in [-0.3, -0.25) is 14.4 Å². The summed E-state index contributed by atoms with van der Waals surface area (Å²) < 4.78 is 25.1. The van der Waals surface area contributed by atoms with Gasteiger partial charge in [0.05, 0.1) is 17.9 Å². The summed E-state index contributed by atoms with van der Waals surface area (Å²) in [6.07, 6.45) is 0.340. The van der Waals surface area contributed by atoms with Crippen molar-refractivity contribution >= 4 is 27.7 Å². The van der Waals surface area contributed by atoms with E-state index < -0.39 is 34.0 Å². The topological polar surface area (TPSA) is 182 Å². The highest BCUT2D eigenvalue weighted by Gasteiger charge is 2.27. The number of benzene rings is 2. The number of nitrogens with one attached hydrogen (secondary N) is 2. The van der Waals surface area contributed by atoms with Gasteiger partial charge < -0.3 is 26.2 Å². The molecular formula is C31H47N5O7S. The molecule has 0 heterocycles. The average molecular weight is 634 g/mol. The Hall–Kier alpha value is -3.52. The van der Waals surface area contributed by atoms with E-state index >= 15 is 0 Å². The van der Waals surface area contributed by atoms with Gasteiger partial charge in [0.25, 0.3) is 11.8 Å². The standard InChI is InChI=1S/C31H47N5O7S/c1-6-13-35(14-7-2)31(41)25-17-23(29(32)39)16-24(18-25)30(40)33-27(15-22-9-11-26(37)12-10-22)28(38)19-36(8-3)34-44(42,43)20-21(4)5/h9-12,16-18,21,27-28,34,37-38H,6-8,13-15,19-20H2,1-5H3,(H2,32,39)(H,33,40). The first-order chi connectivity index (χ1) is 20.7. The number of aliphatic hydroxyl groups excluding tert-OH is 1. The van der Waals surface area contributed by atoms with Gasteiger partial charge in [-0.05, 0) is 61.1 Å². The predicted octanol–water partition coefficient (Wildman–Crippen LogP) is 2.27. The zero-order valence-electron chi connectivity index (χ0n) is 26.2. The first-order valence-electron chi connectivity index (χ1n) is 15.0. The summed E-state index contributed by atoms with van der Waals surface area (Å²) in [5.74, 6) is -1.96. The molecule has 2 unspecified atom stereocenters. The van der Waals surface area contributed by atoms with E-state index in [-0.39, 0.29) is 59.5 Å². The molecule has 2 rings (SSSR count). The Labute approximate surface area is 260 Å². The Bertz CT molecular complexity index is 1360. The molecule has 0 aliphatic heterocycles. The van der Waals surface area contributed by atoms with E-state index in [1.54, 1.807) is 37.8 Å².